The molecule has 0 bridgehead atoms. The summed E-state index contributed by atoms with van der Waals surface area (Å²) in [4.78, 5) is 21.5. The zero-order chi connectivity index (χ0) is 18.4. The van der Waals surface area contributed by atoms with Crippen LogP contribution < -0.4 is 5.32 Å². The number of carbonyl (C=O) groups is 1. The molecule has 3 aromatic rings. The number of benzene rings is 2. The second kappa shape index (κ2) is 8.81. The Morgan fingerprint density at radius 3 is 2.54 bits per heavy atom. The molecule has 3 rings (SSSR count). The SMILES string of the molecule is CC(C)CCNC(=O)CSc1nc(-c2ccccc2)nc2ccccc12. The summed E-state index contributed by atoms with van der Waals surface area (Å²) >= 11 is 1.46. The second-order valence-corrected chi connectivity index (χ2v) is 7.52. The van der Waals surface area contributed by atoms with Crippen LogP contribution in [0.1, 0.15) is 20.3 Å². The molecule has 1 aromatic heterocycles. The summed E-state index contributed by atoms with van der Waals surface area (Å²) in [6, 6.07) is 17.8. The summed E-state index contributed by atoms with van der Waals surface area (Å²) in [6.07, 6.45) is 0.991. The molecule has 0 unspecified atom stereocenters. The van der Waals surface area contributed by atoms with Crippen molar-refractivity contribution in [2.45, 2.75) is 25.3 Å². The van der Waals surface area contributed by atoms with Crippen molar-refractivity contribution < 1.29 is 4.79 Å². The van der Waals surface area contributed by atoms with Gasteiger partial charge in [-0.15, -0.1) is 0 Å². The van der Waals surface area contributed by atoms with E-state index in [1.807, 2.05) is 54.6 Å². The van der Waals surface area contributed by atoms with Crippen LogP contribution in [-0.4, -0.2) is 28.2 Å². The minimum absolute atomic E-state index is 0.0413. The van der Waals surface area contributed by atoms with E-state index in [0.29, 0.717) is 17.5 Å². The molecule has 0 atom stereocenters. The number of rotatable bonds is 7. The molecule has 0 radical (unpaired) electrons. The van der Waals surface area contributed by atoms with E-state index in [-0.39, 0.29) is 5.91 Å². The maximum absolute atomic E-state index is 12.1. The highest BCUT2D eigenvalue weighted by Gasteiger charge is 2.11. The Balaban J connectivity index is 1.79. The largest absolute Gasteiger partial charge is 0.355 e. The van der Waals surface area contributed by atoms with Crippen molar-refractivity contribution >= 4 is 28.6 Å². The molecular formula is C21H23N3OS. The smallest absolute Gasteiger partial charge is 0.230 e. The van der Waals surface area contributed by atoms with E-state index >= 15 is 0 Å². The van der Waals surface area contributed by atoms with Gasteiger partial charge in [-0.05, 0) is 18.4 Å². The van der Waals surface area contributed by atoms with Gasteiger partial charge in [0, 0.05) is 17.5 Å². The van der Waals surface area contributed by atoms with E-state index < -0.39 is 0 Å². The predicted octanol–water partition coefficient (Wildman–Crippen LogP) is 4.55. The zero-order valence-electron chi connectivity index (χ0n) is 15.1. The predicted molar refractivity (Wildman–Crippen MR) is 108 cm³/mol. The summed E-state index contributed by atoms with van der Waals surface area (Å²) in [5, 5.41) is 4.80. The topological polar surface area (TPSA) is 54.9 Å². The first-order valence-electron chi connectivity index (χ1n) is 8.85. The van der Waals surface area contributed by atoms with Gasteiger partial charge in [0.05, 0.1) is 11.3 Å². The lowest BCUT2D eigenvalue weighted by Gasteiger charge is -2.09. The number of nitrogens with zero attached hydrogens (tertiary/aromatic N) is 2. The van der Waals surface area contributed by atoms with Gasteiger partial charge in [0.25, 0.3) is 0 Å². The van der Waals surface area contributed by atoms with Crippen LogP contribution in [0, 0.1) is 5.92 Å². The second-order valence-electron chi connectivity index (χ2n) is 6.56. The minimum Gasteiger partial charge on any atom is -0.355 e. The van der Waals surface area contributed by atoms with Crippen molar-refractivity contribution in [2.24, 2.45) is 5.92 Å². The number of fused-ring (bicyclic) bond motifs is 1. The highest BCUT2D eigenvalue weighted by molar-refractivity contribution is 8.00. The Kier molecular flexibility index (Phi) is 6.23. The normalized spacial score (nSPS) is 11.0. The standard InChI is InChI=1S/C21H23N3OS/c1-15(2)12-13-22-19(25)14-26-21-17-10-6-7-11-18(17)23-20(24-21)16-8-4-3-5-9-16/h3-11,15H,12-14H2,1-2H3,(H,22,25). The first-order chi connectivity index (χ1) is 12.6. The molecule has 0 saturated heterocycles. The molecule has 1 amide bonds. The molecule has 0 aliphatic carbocycles. The molecule has 134 valence electrons. The van der Waals surface area contributed by atoms with Crippen LogP contribution in [0.3, 0.4) is 0 Å². The highest BCUT2D eigenvalue weighted by Crippen LogP contribution is 2.28. The summed E-state index contributed by atoms with van der Waals surface area (Å²) in [5.41, 5.74) is 1.87. The van der Waals surface area contributed by atoms with Gasteiger partial charge in [-0.25, -0.2) is 9.97 Å². The molecule has 1 N–H and O–H groups in total. The first kappa shape index (κ1) is 18.4. The van der Waals surface area contributed by atoms with E-state index in [9.17, 15) is 4.79 Å². The summed E-state index contributed by atoms with van der Waals surface area (Å²) < 4.78 is 0. The molecule has 0 saturated carbocycles. The van der Waals surface area contributed by atoms with Gasteiger partial charge in [-0.2, -0.15) is 0 Å². The average Bonchev–Trinajstić information content (AvgIpc) is 2.66. The van der Waals surface area contributed by atoms with Gasteiger partial charge in [0.2, 0.25) is 5.91 Å². The highest BCUT2D eigenvalue weighted by atomic mass is 32.2. The molecule has 0 fully saturated rings. The Bertz CT molecular complexity index is 881. The molecule has 0 aliphatic heterocycles. The molecule has 1 heterocycles. The van der Waals surface area contributed by atoms with Crippen molar-refractivity contribution in [3.05, 3.63) is 54.6 Å². The fourth-order valence-electron chi connectivity index (χ4n) is 2.56. The van der Waals surface area contributed by atoms with Gasteiger partial charge >= 0.3 is 0 Å². The number of para-hydroxylation sites is 1. The zero-order valence-corrected chi connectivity index (χ0v) is 15.9. The van der Waals surface area contributed by atoms with Gasteiger partial charge < -0.3 is 5.32 Å². The van der Waals surface area contributed by atoms with E-state index in [1.165, 1.54) is 11.8 Å². The van der Waals surface area contributed by atoms with Gasteiger partial charge in [0.15, 0.2) is 5.82 Å². The van der Waals surface area contributed by atoms with Crippen molar-refractivity contribution in [3.8, 4) is 11.4 Å². The van der Waals surface area contributed by atoms with Crippen LogP contribution in [0.2, 0.25) is 0 Å². The molecule has 2 aromatic carbocycles. The molecule has 26 heavy (non-hydrogen) atoms. The average molecular weight is 366 g/mol. The molecule has 0 aliphatic rings. The minimum atomic E-state index is 0.0413. The molecular weight excluding hydrogens is 342 g/mol. The van der Waals surface area contributed by atoms with Crippen LogP contribution in [0.5, 0.6) is 0 Å². The fourth-order valence-corrected chi connectivity index (χ4v) is 3.41. The number of amides is 1. The van der Waals surface area contributed by atoms with Crippen molar-refractivity contribution in [2.75, 3.05) is 12.3 Å². The number of aromatic nitrogens is 2. The lowest BCUT2D eigenvalue weighted by Crippen LogP contribution is -2.26. The van der Waals surface area contributed by atoms with E-state index in [1.54, 1.807) is 0 Å². The van der Waals surface area contributed by atoms with E-state index in [2.05, 4.69) is 24.1 Å². The third-order valence-corrected chi connectivity index (χ3v) is 4.98. The monoisotopic (exact) mass is 365 g/mol. The summed E-state index contributed by atoms with van der Waals surface area (Å²) in [6.45, 7) is 5.02. The van der Waals surface area contributed by atoms with Gasteiger partial charge in [-0.3, -0.25) is 4.79 Å². The molecule has 4 nitrogen and oxygen atoms in total. The van der Waals surface area contributed by atoms with Gasteiger partial charge in [0.1, 0.15) is 5.03 Å². The van der Waals surface area contributed by atoms with Crippen LogP contribution in [0.25, 0.3) is 22.3 Å². The third kappa shape index (κ3) is 4.82. The van der Waals surface area contributed by atoms with E-state index in [0.717, 1.165) is 34.5 Å². The quantitative estimate of drug-likeness (QED) is 0.493. The number of nitrogens with one attached hydrogen (secondary N) is 1. The Morgan fingerprint density at radius 2 is 1.77 bits per heavy atom. The van der Waals surface area contributed by atoms with Crippen LogP contribution >= 0.6 is 11.8 Å². The maximum Gasteiger partial charge on any atom is 0.230 e. The van der Waals surface area contributed by atoms with E-state index in [4.69, 9.17) is 4.98 Å². The lowest BCUT2D eigenvalue weighted by molar-refractivity contribution is -0.118. The van der Waals surface area contributed by atoms with Gasteiger partial charge in [-0.1, -0.05) is 74.1 Å². The van der Waals surface area contributed by atoms with Crippen LogP contribution in [0.15, 0.2) is 59.6 Å². The first-order valence-corrected chi connectivity index (χ1v) is 9.84. The Labute approximate surface area is 158 Å². The molecule has 5 heteroatoms. The molecule has 0 spiro atoms. The third-order valence-electron chi connectivity index (χ3n) is 3.98. The number of carbonyl (C=O) groups excluding carboxylic acids is 1. The van der Waals surface area contributed by atoms with Crippen LogP contribution in [-0.2, 0) is 4.79 Å². The Morgan fingerprint density at radius 1 is 1.04 bits per heavy atom. The van der Waals surface area contributed by atoms with Crippen molar-refractivity contribution in [3.63, 3.8) is 0 Å². The lowest BCUT2D eigenvalue weighted by atomic mass is 10.1. The Hall–Kier alpha value is -2.40. The maximum atomic E-state index is 12.1. The summed E-state index contributed by atoms with van der Waals surface area (Å²) in [5.74, 6) is 1.67. The van der Waals surface area contributed by atoms with Crippen molar-refractivity contribution in [1.29, 1.82) is 0 Å². The number of hydrogen-bond donors (Lipinski definition) is 1. The summed E-state index contributed by atoms with van der Waals surface area (Å²) in [7, 11) is 0. The number of thioether (sulfide) groups is 1. The fraction of sp³-hybridized carbons (Fsp3) is 0.286. The number of hydrogen-bond acceptors (Lipinski definition) is 4. The van der Waals surface area contributed by atoms with Crippen molar-refractivity contribution in [1.82, 2.24) is 15.3 Å². The van der Waals surface area contributed by atoms with Crippen LogP contribution in [0.4, 0.5) is 0 Å².